The van der Waals surface area contributed by atoms with E-state index < -0.39 is 5.97 Å². The number of hydrogen-bond acceptors (Lipinski definition) is 7. The number of nitrogens with one attached hydrogen (secondary N) is 1. The lowest BCUT2D eigenvalue weighted by Crippen LogP contribution is -2.16. The average molecular weight is 459 g/mol. The van der Waals surface area contributed by atoms with E-state index in [0.717, 1.165) is 30.1 Å². The summed E-state index contributed by atoms with van der Waals surface area (Å²) in [6, 6.07) is 12.0. The lowest BCUT2D eigenvalue weighted by molar-refractivity contribution is -0.113. The molecular formula is C22H26N4O3S2. The third-order valence-electron chi connectivity index (χ3n) is 4.53. The third kappa shape index (κ3) is 6.18. The number of hydrogen-bond donors (Lipinski definition) is 1. The lowest BCUT2D eigenvalue weighted by atomic mass is 10.1. The smallest absolute Gasteiger partial charge is 0.341 e. The number of aryl methyl sites for hydroxylation is 3. The van der Waals surface area contributed by atoms with Crippen LogP contribution in [-0.4, -0.2) is 39.0 Å². The zero-order valence-electron chi connectivity index (χ0n) is 17.9. The van der Waals surface area contributed by atoms with Crippen LogP contribution in [0.1, 0.15) is 40.5 Å². The maximum Gasteiger partial charge on any atom is 0.341 e. The van der Waals surface area contributed by atoms with Crippen molar-refractivity contribution in [2.75, 3.05) is 17.7 Å². The van der Waals surface area contributed by atoms with Gasteiger partial charge in [0.2, 0.25) is 5.91 Å². The number of benzene rings is 1. The summed E-state index contributed by atoms with van der Waals surface area (Å²) in [6.45, 7) is 6.70. The van der Waals surface area contributed by atoms with E-state index in [4.69, 9.17) is 4.74 Å². The van der Waals surface area contributed by atoms with E-state index in [2.05, 4.69) is 27.6 Å². The van der Waals surface area contributed by atoms with E-state index in [1.807, 2.05) is 36.6 Å². The molecule has 0 saturated carbocycles. The normalized spacial score (nSPS) is 10.8. The fourth-order valence-corrected chi connectivity index (χ4v) is 4.83. The minimum absolute atomic E-state index is 0.177. The van der Waals surface area contributed by atoms with Gasteiger partial charge < -0.3 is 14.6 Å². The minimum atomic E-state index is -0.427. The van der Waals surface area contributed by atoms with Crippen molar-refractivity contribution in [3.63, 3.8) is 0 Å². The Balaban J connectivity index is 1.59. The van der Waals surface area contributed by atoms with Crippen LogP contribution >= 0.6 is 23.1 Å². The number of aromatic nitrogens is 3. The van der Waals surface area contributed by atoms with Gasteiger partial charge in [-0.2, -0.15) is 0 Å². The van der Waals surface area contributed by atoms with Crippen LogP contribution in [0.3, 0.4) is 0 Å². The minimum Gasteiger partial charge on any atom is -0.462 e. The van der Waals surface area contributed by atoms with E-state index in [0.29, 0.717) is 15.7 Å². The Morgan fingerprint density at radius 3 is 2.65 bits per heavy atom. The maximum absolute atomic E-state index is 12.5. The number of rotatable bonds is 10. The van der Waals surface area contributed by atoms with Gasteiger partial charge in [-0.15, -0.1) is 21.5 Å². The number of amides is 1. The molecule has 164 valence electrons. The zero-order valence-corrected chi connectivity index (χ0v) is 19.5. The number of carbonyl (C=O) groups is 2. The topological polar surface area (TPSA) is 86.1 Å². The molecular weight excluding hydrogens is 432 g/mol. The van der Waals surface area contributed by atoms with Gasteiger partial charge in [0.1, 0.15) is 10.8 Å². The first-order valence-electron chi connectivity index (χ1n) is 10.2. The summed E-state index contributed by atoms with van der Waals surface area (Å²) in [6.07, 6.45) is 1.67. The fourth-order valence-electron chi connectivity index (χ4n) is 3.09. The average Bonchev–Trinajstić information content (AvgIpc) is 3.34. The second-order valence-electron chi connectivity index (χ2n) is 6.79. The number of carbonyl (C=O) groups excluding carboxylic acids is 2. The van der Waals surface area contributed by atoms with E-state index in [1.165, 1.54) is 28.7 Å². The Morgan fingerprint density at radius 2 is 1.94 bits per heavy atom. The van der Waals surface area contributed by atoms with E-state index in [-0.39, 0.29) is 18.3 Å². The molecule has 1 aromatic carbocycles. The first-order valence-corrected chi connectivity index (χ1v) is 12.0. The van der Waals surface area contributed by atoms with Gasteiger partial charge in [-0.25, -0.2) is 4.79 Å². The quantitative estimate of drug-likeness (QED) is 0.359. The highest BCUT2D eigenvalue weighted by molar-refractivity contribution is 7.99. The molecule has 0 fully saturated rings. The largest absolute Gasteiger partial charge is 0.462 e. The van der Waals surface area contributed by atoms with E-state index in [1.54, 1.807) is 13.0 Å². The van der Waals surface area contributed by atoms with Gasteiger partial charge >= 0.3 is 5.97 Å². The number of thioether (sulfide) groups is 1. The highest BCUT2D eigenvalue weighted by Gasteiger charge is 2.19. The van der Waals surface area contributed by atoms with Crippen LogP contribution in [0.25, 0.3) is 0 Å². The summed E-state index contributed by atoms with van der Waals surface area (Å²) in [5.74, 6) is 0.459. The van der Waals surface area contributed by atoms with Crippen LogP contribution in [0.5, 0.6) is 0 Å². The van der Waals surface area contributed by atoms with Gasteiger partial charge in [-0.1, -0.05) is 42.1 Å². The Labute approximate surface area is 190 Å². The summed E-state index contributed by atoms with van der Waals surface area (Å²) >= 11 is 2.70. The number of esters is 1. The Hall–Kier alpha value is -2.65. The van der Waals surface area contributed by atoms with E-state index >= 15 is 0 Å². The van der Waals surface area contributed by atoms with Gasteiger partial charge in [0.15, 0.2) is 5.16 Å². The molecule has 1 amide bonds. The maximum atomic E-state index is 12.5. The fraction of sp³-hybridized carbons (Fsp3) is 0.364. The molecule has 2 aromatic heterocycles. The van der Waals surface area contributed by atoms with Crippen LogP contribution in [0.4, 0.5) is 5.00 Å². The number of thiophene rings is 1. The number of ether oxygens (including phenoxy) is 1. The van der Waals surface area contributed by atoms with Crippen molar-refractivity contribution in [2.45, 2.75) is 45.3 Å². The van der Waals surface area contributed by atoms with Gasteiger partial charge in [0.05, 0.1) is 17.9 Å². The van der Waals surface area contributed by atoms with Gasteiger partial charge in [-0.3, -0.25) is 4.79 Å². The molecule has 9 heteroatoms. The number of anilines is 1. The summed E-state index contributed by atoms with van der Waals surface area (Å²) in [4.78, 5) is 25.5. The van der Waals surface area contributed by atoms with Crippen LogP contribution in [-0.2, 0) is 28.9 Å². The molecule has 1 N–H and O–H groups in total. The molecule has 3 aromatic rings. The Morgan fingerprint density at radius 1 is 1.16 bits per heavy atom. The lowest BCUT2D eigenvalue weighted by Gasteiger charge is -2.08. The molecule has 0 saturated heterocycles. The molecule has 7 nitrogen and oxygen atoms in total. The van der Waals surface area contributed by atoms with Crippen molar-refractivity contribution in [3.8, 4) is 0 Å². The van der Waals surface area contributed by atoms with Crippen LogP contribution in [0.15, 0.2) is 41.6 Å². The van der Waals surface area contributed by atoms with Crippen LogP contribution in [0, 0.1) is 6.92 Å². The van der Waals surface area contributed by atoms with Crippen LogP contribution in [0.2, 0.25) is 0 Å². The van der Waals surface area contributed by atoms with Crippen molar-refractivity contribution in [3.05, 3.63) is 58.2 Å². The summed E-state index contributed by atoms with van der Waals surface area (Å²) < 4.78 is 7.11. The molecule has 31 heavy (non-hydrogen) atoms. The highest BCUT2D eigenvalue weighted by atomic mass is 32.2. The molecule has 0 spiro atoms. The predicted molar refractivity (Wildman–Crippen MR) is 124 cm³/mol. The zero-order chi connectivity index (χ0) is 22.2. The molecule has 0 aliphatic carbocycles. The Bertz CT molecular complexity index is 1030. The molecule has 0 unspecified atom stereocenters. The molecule has 0 aliphatic heterocycles. The second-order valence-corrected chi connectivity index (χ2v) is 8.98. The summed E-state index contributed by atoms with van der Waals surface area (Å²) in [5.41, 5.74) is 1.65. The van der Waals surface area contributed by atoms with Crippen molar-refractivity contribution in [2.24, 2.45) is 0 Å². The molecule has 2 heterocycles. The molecule has 0 bridgehead atoms. The second kappa shape index (κ2) is 11.1. The SMILES string of the molecule is CCOC(=O)c1cc(C)sc1NC(=O)CSc1nnc(CCc2ccccc2)n1CC. The van der Waals surface area contributed by atoms with Crippen molar-refractivity contribution in [1.29, 1.82) is 0 Å². The van der Waals surface area contributed by atoms with Crippen LogP contribution < -0.4 is 5.32 Å². The summed E-state index contributed by atoms with van der Waals surface area (Å²) in [5, 5.41) is 12.7. The van der Waals surface area contributed by atoms with Gasteiger partial charge in [0, 0.05) is 17.8 Å². The van der Waals surface area contributed by atoms with Gasteiger partial charge in [-0.05, 0) is 38.8 Å². The summed E-state index contributed by atoms with van der Waals surface area (Å²) in [7, 11) is 0. The molecule has 0 radical (unpaired) electrons. The monoisotopic (exact) mass is 458 g/mol. The van der Waals surface area contributed by atoms with E-state index in [9.17, 15) is 9.59 Å². The van der Waals surface area contributed by atoms with Gasteiger partial charge in [0.25, 0.3) is 0 Å². The molecule has 3 rings (SSSR count). The van der Waals surface area contributed by atoms with Crippen molar-refractivity contribution < 1.29 is 14.3 Å². The number of nitrogens with zero attached hydrogens (tertiary/aromatic N) is 3. The standard InChI is InChI=1S/C22H26N4O3S2/c1-4-26-18(12-11-16-9-7-6-8-10-16)24-25-22(26)30-14-19(27)23-20-17(13-15(3)31-20)21(28)29-5-2/h6-10,13H,4-5,11-12,14H2,1-3H3,(H,23,27). The third-order valence-corrected chi connectivity index (χ3v) is 6.46. The first-order chi connectivity index (χ1) is 15.0. The van der Waals surface area contributed by atoms with Crippen molar-refractivity contribution in [1.82, 2.24) is 14.8 Å². The molecule has 0 aliphatic rings. The highest BCUT2D eigenvalue weighted by Crippen LogP contribution is 2.29. The Kier molecular flexibility index (Phi) is 8.25. The first kappa shape index (κ1) is 23.0. The molecule has 0 atom stereocenters. The predicted octanol–water partition coefficient (Wildman–Crippen LogP) is 4.36. The van der Waals surface area contributed by atoms with Crippen molar-refractivity contribution >= 4 is 40.0 Å².